The molecule has 0 spiro atoms. The Balaban J connectivity index is 1.82. The van der Waals surface area contributed by atoms with E-state index >= 15 is 0 Å². The van der Waals surface area contributed by atoms with Crippen LogP contribution in [0.2, 0.25) is 0 Å². The lowest BCUT2D eigenvalue weighted by molar-refractivity contribution is -0.116. The lowest BCUT2D eigenvalue weighted by atomic mass is 10.0. The fraction of sp³-hybridized carbons (Fsp3) is 0.300. The Hall–Kier alpha value is -2.82. The van der Waals surface area contributed by atoms with E-state index in [0.29, 0.717) is 30.3 Å². The molecule has 5 heteroatoms. The molecular formula is C20H25N3O2. The largest absolute Gasteiger partial charge is 0.384 e. The van der Waals surface area contributed by atoms with E-state index < -0.39 is 0 Å². The molecule has 0 unspecified atom stereocenters. The molecular weight excluding hydrogens is 314 g/mol. The Morgan fingerprint density at radius 2 is 1.52 bits per heavy atom. The first-order valence-electron chi connectivity index (χ1n) is 8.46. The maximum Gasteiger partial charge on any atom is 0.226 e. The Kier molecular flexibility index (Phi) is 6.57. The molecule has 0 aliphatic carbocycles. The van der Waals surface area contributed by atoms with E-state index in [2.05, 4.69) is 35.9 Å². The first kappa shape index (κ1) is 18.5. The van der Waals surface area contributed by atoms with Crippen LogP contribution in [0, 0.1) is 0 Å². The van der Waals surface area contributed by atoms with Gasteiger partial charge in [0.1, 0.15) is 0 Å². The van der Waals surface area contributed by atoms with Gasteiger partial charge in [-0.2, -0.15) is 0 Å². The first-order chi connectivity index (χ1) is 12.0. The summed E-state index contributed by atoms with van der Waals surface area (Å²) in [4.78, 5) is 23.1. The van der Waals surface area contributed by atoms with Crippen LogP contribution in [0.5, 0.6) is 0 Å². The summed E-state index contributed by atoms with van der Waals surface area (Å²) in [5.41, 5.74) is 3.74. The summed E-state index contributed by atoms with van der Waals surface area (Å²) in [6, 6.07) is 15.2. The predicted molar refractivity (Wildman–Crippen MR) is 103 cm³/mol. The molecule has 0 radical (unpaired) electrons. The second-order valence-corrected chi connectivity index (χ2v) is 6.23. The molecule has 25 heavy (non-hydrogen) atoms. The Bertz CT molecular complexity index is 724. The van der Waals surface area contributed by atoms with Crippen molar-refractivity contribution in [3.63, 3.8) is 0 Å². The highest BCUT2D eigenvalue weighted by Gasteiger charge is 2.07. The summed E-state index contributed by atoms with van der Waals surface area (Å²) in [6.45, 7) is 6.33. The maximum atomic E-state index is 12.1. The van der Waals surface area contributed by atoms with Gasteiger partial charge in [-0.1, -0.05) is 32.0 Å². The van der Waals surface area contributed by atoms with Crippen LogP contribution in [0.3, 0.4) is 0 Å². The molecule has 0 bridgehead atoms. The van der Waals surface area contributed by atoms with Gasteiger partial charge in [0.25, 0.3) is 0 Å². The fourth-order valence-electron chi connectivity index (χ4n) is 2.54. The topological polar surface area (TPSA) is 70.2 Å². The number of para-hydroxylation sites is 1. The molecule has 2 aromatic rings. The quantitative estimate of drug-likeness (QED) is 0.708. The third kappa shape index (κ3) is 5.95. The predicted octanol–water partition coefficient (Wildman–Crippen LogP) is 4.21. The van der Waals surface area contributed by atoms with Crippen molar-refractivity contribution in [2.75, 3.05) is 22.5 Å². The summed E-state index contributed by atoms with van der Waals surface area (Å²) in [5, 5.41) is 8.88. The summed E-state index contributed by atoms with van der Waals surface area (Å²) in [6.07, 6.45) is 0.375. The Labute approximate surface area is 148 Å². The van der Waals surface area contributed by atoms with E-state index in [-0.39, 0.29) is 11.8 Å². The van der Waals surface area contributed by atoms with Gasteiger partial charge in [0, 0.05) is 37.0 Å². The van der Waals surface area contributed by atoms with Gasteiger partial charge in [-0.25, -0.2) is 0 Å². The summed E-state index contributed by atoms with van der Waals surface area (Å²) >= 11 is 0. The molecule has 0 aromatic heterocycles. The molecule has 2 rings (SSSR count). The average Bonchev–Trinajstić information content (AvgIpc) is 2.56. The van der Waals surface area contributed by atoms with Crippen molar-refractivity contribution in [1.29, 1.82) is 0 Å². The number of carbonyl (C=O) groups excluding carboxylic acids is 2. The second-order valence-electron chi connectivity index (χ2n) is 6.23. The zero-order chi connectivity index (χ0) is 18.2. The van der Waals surface area contributed by atoms with Gasteiger partial charge in [0.15, 0.2) is 0 Å². The van der Waals surface area contributed by atoms with Crippen LogP contribution in [-0.4, -0.2) is 18.4 Å². The summed E-state index contributed by atoms with van der Waals surface area (Å²) in [5.74, 6) is 0.256. The lowest BCUT2D eigenvalue weighted by Crippen LogP contribution is -2.16. The van der Waals surface area contributed by atoms with Crippen molar-refractivity contribution >= 4 is 28.9 Å². The third-order valence-electron chi connectivity index (χ3n) is 3.74. The first-order valence-corrected chi connectivity index (χ1v) is 8.46. The molecule has 0 saturated heterocycles. The van der Waals surface area contributed by atoms with Crippen LogP contribution in [0.25, 0.3) is 0 Å². The van der Waals surface area contributed by atoms with Crippen molar-refractivity contribution in [3.8, 4) is 0 Å². The molecule has 0 aliphatic heterocycles. The van der Waals surface area contributed by atoms with Crippen LogP contribution in [-0.2, 0) is 9.59 Å². The SMILES string of the molecule is CC(=O)Nc1ccc(NC(=O)CCNc2ccccc2C(C)C)cc1. The highest BCUT2D eigenvalue weighted by atomic mass is 16.2. The van der Waals surface area contributed by atoms with Gasteiger partial charge in [-0.3, -0.25) is 9.59 Å². The van der Waals surface area contributed by atoms with Crippen molar-refractivity contribution in [2.24, 2.45) is 0 Å². The van der Waals surface area contributed by atoms with Crippen molar-refractivity contribution in [3.05, 3.63) is 54.1 Å². The fourth-order valence-corrected chi connectivity index (χ4v) is 2.54. The monoisotopic (exact) mass is 339 g/mol. The summed E-state index contributed by atoms with van der Waals surface area (Å²) in [7, 11) is 0. The highest BCUT2D eigenvalue weighted by Crippen LogP contribution is 2.23. The molecule has 2 amide bonds. The number of carbonyl (C=O) groups is 2. The number of hydrogen-bond acceptors (Lipinski definition) is 3. The maximum absolute atomic E-state index is 12.1. The van der Waals surface area contributed by atoms with Gasteiger partial charge >= 0.3 is 0 Å². The van der Waals surface area contributed by atoms with Crippen molar-refractivity contribution < 1.29 is 9.59 Å². The van der Waals surface area contributed by atoms with Crippen LogP contribution < -0.4 is 16.0 Å². The number of rotatable bonds is 7. The molecule has 0 saturated carbocycles. The smallest absolute Gasteiger partial charge is 0.226 e. The minimum absolute atomic E-state index is 0.0539. The molecule has 132 valence electrons. The number of nitrogens with one attached hydrogen (secondary N) is 3. The van der Waals surface area contributed by atoms with E-state index in [1.165, 1.54) is 12.5 Å². The van der Waals surface area contributed by atoms with Gasteiger partial charge < -0.3 is 16.0 Å². The number of amides is 2. The standard InChI is InChI=1S/C20H25N3O2/c1-14(2)18-6-4-5-7-19(18)21-13-12-20(25)23-17-10-8-16(9-11-17)22-15(3)24/h4-11,14,21H,12-13H2,1-3H3,(H,22,24)(H,23,25). The molecule has 5 nitrogen and oxygen atoms in total. The van der Waals surface area contributed by atoms with Gasteiger partial charge in [0.05, 0.1) is 0 Å². The second kappa shape index (κ2) is 8.87. The highest BCUT2D eigenvalue weighted by molar-refractivity contribution is 5.92. The van der Waals surface area contributed by atoms with Crippen LogP contribution in [0.1, 0.15) is 38.7 Å². The van der Waals surface area contributed by atoms with E-state index in [0.717, 1.165) is 5.69 Å². The minimum atomic E-state index is -0.121. The zero-order valence-corrected chi connectivity index (χ0v) is 14.9. The van der Waals surface area contributed by atoms with Gasteiger partial charge in [0.2, 0.25) is 11.8 Å². The molecule has 0 fully saturated rings. The Morgan fingerprint density at radius 3 is 2.12 bits per heavy atom. The summed E-state index contributed by atoms with van der Waals surface area (Å²) < 4.78 is 0. The minimum Gasteiger partial charge on any atom is -0.384 e. The van der Waals surface area contributed by atoms with E-state index in [4.69, 9.17) is 0 Å². The number of anilines is 3. The van der Waals surface area contributed by atoms with Crippen LogP contribution in [0.15, 0.2) is 48.5 Å². The van der Waals surface area contributed by atoms with E-state index in [1.807, 2.05) is 18.2 Å². The van der Waals surface area contributed by atoms with Crippen LogP contribution in [0.4, 0.5) is 17.1 Å². The number of benzene rings is 2. The molecule has 0 atom stereocenters. The van der Waals surface area contributed by atoms with Crippen molar-refractivity contribution in [1.82, 2.24) is 0 Å². The molecule has 0 heterocycles. The lowest BCUT2D eigenvalue weighted by Gasteiger charge is -2.14. The van der Waals surface area contributed by atoms with Gasteiger partial charge in [-0.15, -0.1) is 0 Å². The normalized spacial score (nSPS) is 10.4. The third-order valence-corrected chi connectivity index (χ3v) is 3.74. The zero-order valence-electron chi connectivity index (χ0n) is 14.9. The molecule has 3 N–H and O–H groups in total. The Morgan fingerprint density at radius 1 is 0.920 bits per heavy atom. The molecule has 2 aromatic carbocycles. The molecule has 0 aliphatic rings. The van der Waals surface area contributed by atoms with Gasteiger partial charge in [-0.05, 0) is 41.8 Å². The van der Waals surface area contributed by atoms with Crippen LogP contribution >= 0.6 is 0 Å². The van der Waals surface area contributed by atoms with Crippen molar-refractivity contribution in [2.45, 2.75) is 33.1 Å². The average molecular weight is 339 g/mol. The van der Waals surface area contributed by atoms with E-state index in [1.54, 1.807) is 24.3 Å². The number of hydrogen-bond donors (Lipinski definition) is 3. The van der Waals surface area contributed by atoms with E-state index in [9.17, 15) is 9.59 Å².